The highest BCUT2D eigenvalue weighted by Gasteiger charge is 2.36. The number of urea groups is 1. The quantitative estimate of drug-likeness (QED) is 0.199. The van der Waals surface area contributed by atoms with Gasteiger partial charge in [0.25, 0.3) is 5.91 Å². The molecule has 0 aliphatic heterocycles. The molecule has 36 heavy (non-hydrogen) atoms. The molecule has 0 aromatic carbocycles. The summed E-state index contributed by atoms with van der Waals surface area (Å²) in [5.74, 6) is -1.53. The number of imide groups is 1. The van der Waals surface area contributed by atoms with Crippen molar-refractivity contribution in [3.63, 3.8) is 0 Å². The minimum atomic E-state index is -1.85. The predicted molar refractivity (Wildman–Crippen MR) is 142 cm³/mol. The summed E-state index contributed by atoms with van der Waals surface area (Å²) in [6, 6.07) is 1.57. The Morgan fingerprint density at radius 3 is 2.44 bits per heavy atom. The van der Waals surface area contributed by atoms with Crippen LogP contribution in [0, 0.1) is 5.82 Å². The van der Waals surface area contributed by atoms with Gasteiger partial charge in [-0.25, -0.2) is 14.2 Å². The first kappa shape index (κ1) is 30.0. The van der Waals surface area contributed by atoms with Crippen LogP contribution in [0.4, 0.5) is 14.9 Å². The van der Waals surface area contributed by atoms with Crippen LogP contribution in [0.2, 0.25) is 28.4 Å². The maximum atomic E-state index is 13.7. The van der Waals surface area contributed by atoms with Crippen molar-refractivity contribution in [3.05, 3.63) is 45.7 Å². The van der Waals surface area contributed by atoms with Crippen LogP contribution in [0.5, 0.6) is 5.75 Å². The SMILES string of the molecule is CC(C)c1nccc(OCCCO[Si](C)(C)C(C)(C)C)c1NC(=O)NC(=O)c1cc(F)c(Cl)nc1Cl. The molecule has 0 aliphatic rings. The average molecular weight is 560 g/mol. The number of anilines is 1. The molecule has 0 saturated carbocycles. The van der Waals surface area contributed by atoms with Gasteiger partial charge in [-0.1, -0.05) is 57.8 Å². The second-order valence-corrected chi connectivity index (χ2v) is 15.6. The van der Waals surface area contributed by atoms with E-state index in [0.29, 0.717) is 36.8 Å². The van der Waals surface area contributed by atoms with Crippen LogP contribution in [0.3, 0.4) is 0 Å². The molecular weight excluding hydrogens is 526 g/mol. The van der Waals surface area contributed by atoms with E-state index < -0.39 is 31.2 Å². The molecule has 0 spiro atoms. The van der Waals surface area contributed by atoms with Crippen molar-refractivity contribution in [3.8, 4) is 5.75 Å². The molecule has 0 unspecified atom stereocenters. The van der Waals surface area contributed by atoms with Crippen molar-refractivity contribution in [1.82, 2.24) is 15.3 Å². The van der Waals surface area contributed by atoms with E-state index in [-0.39, 0.29) is 21.7 Å². The number of ether oxygens (including phenoxy) is 1. The van der Waals surface area contributed by atoms with Crippen LogP contribution in [0.1, 0.15) is 63.0 Å². The van der Waals surface area contributed by atoms with Gasteiger partial charge in [-0.15, -0.1) is 0 Å². The smallest absolute Gasteiger partial charge is 0.326 e. The molecule has 8 nitrogen and oxygen atoms in total. The minimum absolute atomic E-state index is 0.0505. The van der Waals surface area contributed by atoms with Gasteiger partial charge in [-0.2, -0.15) is 0 Å². The number of rotatable bonds is 9. The number of halogens is 3. The fraction of sp³-hybridized carbons (Fsp3) is 0.500. The summed E-state index contributed by atoms with van der Waals surface area (Å²) in [5, 5.41) is 4.04. The highest BCUT2D eigenvalue weighted by atomic mass is 35.5. The lowest BCUT2D eigenvalue weighted by atomic mass is 10.1. The van der Waals surface area contributed by atoms with E-state index in [9.17, 15) is 14.0 Å². The summed E-state index contributed by atoms with van der Waals surface area (Å²) in [5.41, 5.74) is 0.571. The lowest BCUT2D eigenvalue weighted by Crippen LogP contribution is -2.41. The van der Waals surface area contributed by atoms with E-state index in [0.717, 1.165) is 6.07 Å². The number of aromatic nitrogens is 2. The van der Waals surface area contributed by atoms with Crippen LogP contribution in [-0.4, -0.2) is 43.4 Å². The maximum absolute atomic E-state index is 13.7. The van der Waals surface area contributed by atoms with Crippen LogP contribution in [0.25, 0.3) is 0 Å². The Hall–Kier alpha value is -2.27. The number of amides is 3. The van der Waals surface area contributed by atoms with Gasteiger partial charge in [0, 0.05) is 25.3 Å². The molecule has 2 rings (SSSR count). The third-order valence-electron chi connectivity index (χ3n) is 5.90. The zero-order valence-corrected chi connectivity index (χ0v) is 24.1. The van der Waals surface area contributed by atoms with E-state index in [1.807, 2.05) is 13.8 Å². The fourth-order valence-electron chi connectivity index (χ4n) is 2.85. The fourth-order valence-corrected chi connectivity index (χ4v) is 4.34. The average Bonchev–Trinajstić information content (AvgIpc) is 2.75. The number of carbonyl (C=O) groups excluding carboxylic acids is 2. The van der Waals surface area contributed by atoms with E-state index in [1.165, 1.54) is 0 Å². The highest BCUT2D eigenvalue weighted by molar-refractivity contribution is 6.74. The van der Waals surface area contributed by atoms with Gasteiger partial charge in [0.2, 0.25) is 0 Å². The number of carbonyl (C=O) groups is 2. The van der Waals surface area contributed by atoms with Crippen molar-refractivity contribution in [2.75, 3.05) is 18.5 Å². The summed E-state index contributed by atoms with van der Waals surface area (Å²) in [6.07, 6.45) is 2.25. The third-order valence-corrected chi connectivity index (χ3v) is 11.0. The molecule has 12 heteroatoms. The lowest BCUT2D eigenvalue weighted by molar-refractivity contribution is 0.0966. The molecule has 0 fully saturated rings. The summed E-state index contributed by atoms with van der Waals surface area (Å²) in [7, 11) is -1.85. The molecule has 0 bridgehead atoms. The molecule has 0 radical (unpaired) electrons. The van der Waals surface area contributed by atoms with E-state index >= 15 is 0 Å². The Morgan fingerprint density at radius 1 is 1.17 bits per heavy atom. The Kier molecular flexibility index (Phi) is 10.2. The monoisotopic (exact) mass is 558 g/mol. The number of pyridine rings is 2. The first-order valence-corrected chi connectivity index (χ1v) is 15.2. The number of nitrogens with zero attached hydrogens (tertiary/aromatic N) is 2. The van der Waals surface area contributed by atoms with Crippen LogP contribution >= 0.6 is 23.2 Å². The highest BCUT2D eigenvalue weighted by Crippen LogP contribution is 2.36. The molecule has 2 aromatic rings. The minimum Gasteiger partial charge on any atom is -0.491 e. The Balaban J connectivity index is 2.09. The summed E-state index contributed by atoms with van der Waals surface area (Å²) in [4.78, 5) is 33.0. The van der Waals surface area contributed by atoms with Gasteiger partial charge in [0.15, 0.2) is 19.3 Å². The van der Waals surface area contributed by atoms with Crippen molar-refractivity contribution >= 4 is 49.1 Å². The number of nitrogens with one attached hydrogen (secondary N) is 2. The van der Waals surface area contributed by atoms with E-state index in [1.54, 1.807) is 12.3 Å². The number of hydrogen-bond donors (Lipinski definition) is 2. The van der Waals surface area contributed by atoms with Gasteiger partial charge in [0.1, 0.15) is 16.6 Å². The van der Waals surface area contributed by atoms with Gasteiger partial charge in [0.05, 0.1) is 17.9 Å². The molecule has 0 aliphatic carbocycles. The number of hydrogen-bond acceptors (Lipinski definition) is 6. The summed E-state index contributed by atoms with van der Waals surface area (Å²) in [6.45, 7) is 15.7. The van der Waals surface area contributed by atoms with Crippen molar-refractivity contribution in [2.24, 2.45) is 0 Å². The molecule has 3 amide bonds. The molecule has 198 valence electrons. The zero-order chi connectivity index (χ0) is 27.3. The van der Waals surface area contributed by atoms with Gasteiger partial charge >= 0.3 is 6.03 Å². The van der Waals surface area contributed by atoms with E-state index in [4.69, 9.17) is 32.4 Å². The molecular formula is C24H33Cl2FN4O4Si. The zero-order valence-electron chi connectivity index (χ0n) is 21.6. The van der Waals surface area contributed by atoms with E-state index in [2.05, 4.69) is 54.5 Å². The lowest BCUT2D eigenvalue weighted by Gasteiger charge is -2.36. The Labute approximate surface area is 222 Å². The van der Waals surface area contributed by atoms with Crippen molar-refractivity contribution < 1.29 is 23.1 Å². The van der Waals surface area contributed by atoms with Gasteiger partial charge in [-0.3, -0.25) is 15.1 Å². The largest absolute Gasteiger partial charge is 0.491 e. The first-order chi connectivity index (χ1) is 16.6. The maximum Gasteiger partial charge on any atom is 0.326 e. The van der Waals surface area contributed by atoms with Crippen LogP contribution < -0.4 is 15.4 Å². The summed E-state index contributed by atoms with van der Waals surface area (Å²) < 4.78 is 25.8. The molecule has 2 aromatic heterocycles. The van der Waals surface area contributed by atoms with Crippen LogP contribution in [0.15, 0.2) is 18.3 Å². The standard InChI is InChI=1S/C24H33Cl2FN4O4Si/c1-14(2)18-19(29-23(33)31-22(32)15-13-16(27)21(26)30-20(15)25)17(9-10-28-18)34-11-8-12-35-36(6,7)24(3,4)5/h9-10,13-14H,8,11-12H2,1-7H3,(H2,29,31,32,33). The third kappa shape index (κ3) is 7.86. The second-order valence-electron chi connectivity index (χ2n) is 10.0. The Morgan fingerprint density at radius 2 is 1.83 bits per heavy atom. The topological polar surface area (TPSA) is 102 Å². The van der Waals surface area contributed by atoms with Crippen LogP contribution in [-0.2, 0) is 4.43 Å². The summed E-state index contributed by atoms with van der Waals surface area (Å²) >= 11 is 11.4. The first-order valence-electron chi connectivity index (χ1n) is 11.5. The van der Waals surface area contributed by atoms with Gasteiger partial charge < -0.3 is 14.5 Å². The second kappa shape index (κ2) is 12.3. The predicted octanol–water partition coefficient (Wildman–Crippen LogP) is 6.80. The van der Waals surface area contributed by atoms with Crippen molar-refractivity contribution in [2.45, 2.75) is 65.1 Å². The van der Waals surface area contributed by atoms with Gasteiger partial charge in [-0.05, 0) is 30.1 Å². The van der Waals surface area contributed by atoms with Crippen molar-refractivity contribution in [1.29, 1.82) is 0 Å². The molecule has 2 N–H and O–H groups in total. The molecule has 0 saturated heterocycles. The molecule has 2 heterocycles. The molecule has 0 atom stereocenters. The normalized spacial score (nSPS) is 12.0. The Bertz CT molecular complexity index is 1110.